The minimum absolute atomic E-state index is 0.0596. The van der Waals surface area contributed by atoms with E-state index in [1.165, 1.54) is 6.07 Å². The Morgan fingerprint density at radius 1 is 0.966 bits per heavy atom. The van der Waals surface area contributed by atoms with Gasteiger partial charge in [0.2, 0.25) is 0 Å². The van der Waals surface area contributed by atoms with Gasteiger partial charge < -0.3 is 0 Å². The normalized spacial score (nSPS) is 26.7. The zero-order valence-electron chi connectivity index (χ0n) is 16.4. The van der Waals surface area contributed by atoms with E-state index in [1.807, 2.05) is 0 Å². The Hall–Kier alpha value is -1.91. The van der Waals surface area contributed by atoms with Crippen LogP contribution in [-0.4, -0.2) is 0 Å². The van der Waals surface area contributed by atoms with Crippen LogP contribution in [0.2, 0.25) is 0 Å². The molecule has 2 aromatic rings. The number of hydrogen-bond acceptors (Lipinski definition) is 0. The van der Waals surface area contributed by atoms with Crippen molar-refractivity contribution in [1.82, 2.24) is 0 Å². The molecule has 2 aliphatic carbocycles. The van der Waals surface area contributed by atoms with E-state index in [2.05, 4.69) is 6.92 Å². The van der Waals surface area contributed by atoms with Gasteiger partial charge in [-0.3, -0.25) is 0 Å². The van der Waals surface area contributed by atoms with Crippen molar-refractivity contribution in [2.75, 3.05) is 0 Å². The number of hydrogen-bond donors (Lipinski definition) is 0. The summed E-state index contributed by atoms with van der Waals surface area (Å²) in [5, 5.41) is 0. The van der Waals surface area contributed by atoms with Crippen molar-refractivity contribution in [3.8, 4) is 0 Å². The second kappa shape index (κ2) is 7.73. The van der Waals surface area contributed by atoms with E-state index < -0.39 is 23.4 Å². The Bertz CT molecular complexity index is 868. The second-order valence-corrected chi connectivity index (χ2v) is 8.54. The minimum atomic E-state index is -4.35. The highest BCUT2D eigenvalue weighted by Gasteiger charge is 2.43. The maximum atomic E-state index is 14.3. The monoisotopic (exact) mass is 408 g/mol. The highest BCUT2D eigenvalue weighted by atomic mass is 19.4. The molecule has 0 spiro atoms. The van der Waals surface area contributed by atoms with Gasteiger partial charge in [0.15, 0.2) is 0 Å². The molecule has 0 N–H and O–H groups in total. The molecule has 0 aromatic heterocycles. The first kappa shape index (κ1) is 20.4. The fourth-order valence-electron chi connectivity index (χ4n) is 5.79. The molecule has 5 heteroatoms. The van der Waals surface area contributed by atoms with Crippen molar-refractivity contribution in [2.45, 2.75) is 63.5 Å². The SMILES string of the molecule is CCCC1CCC2c3cc(F)cc(F)c3CCC2C1c1ccc(C(F)(F)F)cc1. The fraction of sp³-hybridized carbons (Fsp3) is 0.500. The standard InChI is InChI=1S/C24H25F5/c1-2-3-14-6-9-18-20(11-10-19-21(18)12-17(25)13-22(19)26)23(14)15-4-7-16(8-5-15)24(27,28)29/h4-5,7-8,12-14,18,20,23H,2-3,6,9-11H2,1H3. The fourth-order valence-corrected chi connectivity index (χ4v) is 5.79. The van der Waals surface area contributed by atoms with Crippen molar-refractivity contribution < 1.29 is 22.0 Å². The third-order valence-corrected chi connectivity index (χ3v) is 6.94. The third-order valence-electron chi connectivity index (χ3n) is 6.94. The van der Waals surface area contributed by atoms with E-state index in [0.717, 1.165) is 61.4 Å². The zero-order chi connectivity index (χ0) is 20.8. The Kier molecular flexibility index (Phi) is 5.43. The summed E-state index contributed by atoms with van der Waals surface area (Å²) in [6, 6.07) is 7.98. The average molecular weight is 408 g/mol. The van der Waals surface area contributed by atoms with Crippen LogP contribution in [0.1, 0.15) is 73.1 Å². The smallest absolute Gasteiger partial charge is 0.207 e. The molecule has 0 heterocycles. The molecule has 1 fully saturated rings. The Balaban J connectivity index is 1.72. The Labute approximate surface area is 168 Å². The summed E-state index contributed by atoms with van der Waals surface area (Å²) in [5.41, 5.74) is 1.67. The van der Waals surface area contributed by atoms with Crippen molar-refractivity contribution in [1.29, 1.82) is 0 Å². The summed E-state index contributed by atoms with van der Waals surface area (Å²) in [6.45, 7) is 2.12. The van der Waals surface area contributed by atoms with Crippen molar-refractivity contribution in [3.63, 3.8) is 0 Å². The summed E-state index contributed by atoms with van der Waals surface area (Å²) in [7, 11) is 0. The molecule has 0 bridgehead atoms. The molecular formula is C24H25F5. The highest BCUT2D eigenvalue weighted by Crippen LogP contribution is 2.55. The predicted octanol–water partition coefficient (Wildman–Crippen LogP) is 7.62. The molecule has 4 unspecified atom stereocenters. The van der Waals surface area contributed by atoms with Crippen LogP contribution in [0.15, 0.2) is 36.4 Å². The van der Waals surface area contributed by atoms with Crippen LogP contribution in [0, 0.1) is 23.5 Å². The molecule has 0 radical (unpaired) electrons. The summed E-state index contributed by atoms with van der Waals surface area (Å²) >= 11 is 0. The van der Waals surface area contributed by atoms with Crippen LogP contribution in [0.5, 0.6) is 0 Å². The number of fused-ring (bicyclic) bond motifs is 3. The van der Waals surface area contributed by atoms with E-state index >= 15 is 0 Å². The molecular weight excluding hydrogens is 383 g/mol. The topological polar surface area (TPSA) is 0 Å². The Morgan fingerprint density at radius 3 is 2.34 bits per heavy atom. The summed E-state index contributed by atoms with van der Waals surface area (Å²) in [6.07, 6.45) is 0.818. The first-order valence-electron chi connectivity index (χ1n) is 10.4. The minimum Gasteiger partial charge on any atom is -0.207 e. The van der Waals surface area contributed by atoms with E-state index in [9.17, 15) is 22.0 Å². The summed E-state index contributed by atoms with van der Waals surface area (Å²) in [5.74, 6) is -0.257. The van der Waals surface area contributed by atoms with E-state index in [4.69, 9.17) is 0 Å². The molecule has 2 aromatic carbocycles. The molecule has 0 amide bonds. The first-order valence-corrected chi connectivity index (χ1v) is 10.4. The Morgan fingerprint density at radius 2 is 1.69 bits per heavy atom. The maximum Gasteiger partial charge on any atom is 0.416 e. The molecule has 4 atom stereocenters. The van der Waals surface area contributed by atoms with Gasteiger partial charge in [0.1, 0.15) is 11.6 Å². The quantitative estimate of drug-likeness (QED) is 0.458. The lowest BCUT2D eigenvalue weighted by Crippen LogP contribution is -2.35. The van der Waals surface area contributed by atoms with Crippen LogP contribution in [0.25, 0.3) is 0 Å². The van der Waals surface area contributed by atoms with Crippen LogP contribution < -0.4 is 0 Å². The van der Waals surface area contributed by atoms with E-state index in [-0.39, 0.29) is 17.8 Å². The number of rotatable bonds is 3. The van der Waals surface area contributed by atoms with Gasteiger partial charge >= 0.3 is 6.18 Å². The summed E-state index contributed by atoms with van der Waals surface area (Å²) in [4.78, 5) is 0. The van der Waals surface area contributed by atoms with Crippen LogP contribution in [-0.2, 0) is 12.6 Å². The van der Waals surface area contributed by atoms with Gasteiger partial charge in [-0.2, -0.15) is 13.2 Å². The van der Waals surface area contributed by atoms with E-state index in [0.29, 0.717) is 17.9 Å². The van der Waals surface area contributed by atoms with Crippen LogP contribution in [0.4, 0.5) is 22.0 Å². The summed E-state index contributed by atoms with van der Waals surface area (Å²) < 4.78 is 67.3. The van der Waals surface area contributed by atoms with Crippen molar-refractivity contribution in [3.05, 3.63) is 70.3 Å². The van der Waals surface area contributed by atoms with Gasteiger partial charge in [0.05, 0.1) is 5.56 Å². The molecule has 1 saturated carbocycles. The molecule has 0 saturated heterocycles. The van der Waals surface area contributed by atoms with Crippen LogP contribution in [0.3, 0.4) is 0 Å². The highest BCUT2D eigenvalue weighted by molar-refractivity contribution is 5.38. The van der Waals surface area contributed by atoms with Gasteiger partial charge in [0.25, 0.3) is 0 Å². The number of halogens is 5. The van der Waals surface area contributed by atoms with Gasteiger partial charge in [-0.1, -0.05) is 31.9 Å². The van der Waals surface area contributed by atoms with Gasteiger partial charge in [-0.25, -0.2) is 8.78 Å². The first-order chi connectivity index (χ1) is 13.8. The lowest BCUT2D eigenvalue weighted by molar-refractivity contribution is -0.137. The molecule has 4 rings (SSSR count). The van der Waals surface area contributed by atoms with Crippen molar-refractivity contribution >= 4 is 0 Å². The van der Waals surface area contributed by atoms with Gasteiger partial charge in [-0.15, -0.1) is 0 Å². The predicted molar refractivity (Wildman–Crippen MR) is 103 cm³/mol. The van der Waals surface area contributed by atoms with Gasteiger partial charge in [0, 0.05) is 6.07 Å². The lowest BCUT2D eigenvalue weighted by atomic mass is 9.57. The molecule has 156 valence electrons. The number of alkyl halides is 3. The molecule has 0 aliphatic heterocycles. The maximum absolute atomic E-state index is 14.3. The van der Waals surface area contributed by atoms with Crippen LogP contribution >= 0.6 is 0 Å². The second-order valence-electron chi connectivity index (χ2n) is 8.54. The molecule has 29 heavy (non-hydrogen) atoms. The molecule has 2 aliphatic rings. The van der Waals surface area contributed by atoms with Crippen molar-refractivity contribution in [2.24, 2.45) is 11.8 Å². The lowest BCUT2D eigenvalue weighted by Gasteiger charge is -2.47. The zero-order valence-corrected chi connectivity index (χ0v) is 16.4. The largest absolute Gasteiger partial charge is 0.416 e. The third kappa shape index (κ3) is 3.80. The number of benzene rings is 2. The van der Waals surface area contributed by atoms with Gasteiger partial charge in [-0.05, 0) is 84.2 Å². The average Bonchev–Trinajstić information content (AvgIpc) is 2.67. The van der Waals surface area contributed by atoms with E-state index in [1.54, 1.807) is 12.1 Å². The molecule has 0 nitrogen and oxygen atoms in total.